The maximum absolute atomic E-state index is 11.8. The van der Waals surface area contributed by atoms with Crippen molar-refractivity contribution in [2.24, 2.45) is 0 Å². The molecule has 0 aliphatic rings. The molecule has 0 saturated carbocycles. The fourth-order valence-corrected chi connectivity index (χ4v) is 4.21. The molecule has 3 nitrogen and oxygen atoms in total. The second kappa shape index (κ2) is 27.4. The Morgan fingerprint density at radius 1 is 0.667 bits per heavy atom. The van der Waals surface area contributed by atoms with E-state index < -0.39 is 0 Å². The molecule has 0 aromatic carbocycles. The third kappa shape index (κ3) is 27.3. The van der Waals surface area contributed by atoms with Crippen LogP contribution in [0.25, 0.3) is 0 Å². The van der Waals surface area contributed by atoms with Crippen molar-refractivity contribution in [3.8, 4) is 0 Å². The highest BCUT2D eigenvalue weighted by Crippen LogP contribution is 2.12. The van der Waals surface area contributed by atoms with Crippen molar-refractivity contribution < 1.29 is 14.6 Å². The number of unbranched alkanes of at least 4 members (excludes halogenated alkanes) is 17. The Hall–Kier alpha value is -0.830. The number of aliphatic hydroxyl groups is 1. The first kappa shape index (κ1) is 32.2. The largest absolute Gasteiger partial charge is 0.466 e. The summed E-state index contributed by atoms with van der Waals surface area (Å²) in [6.07, 6.45) is 31.3. The van der Waals surface area contributed by atoms with Gasteiger partial charge in [0.15, 0.2) is 0 Å². The standard InChI is InChI=1S/C30H58O3/c1-3-5-7-9-10-11-14-17-20-24-28-33-30(32)27-23-19-16-13-12-15-18-22-26-29(31)25-21-8-6-4-2/h18,22,29,31H,3-17,19-21,23-28H2,1-2H3/b22-18+. The number of rotatable bonds is 26. The Kier molecular flexibility index (Phi) is 26.7. The smallest absolute Gasteiger partial charge is 0.305 e. The molecule has 0 heterocycles. The summed E-state index contributed by atoms with van der Waals surface area (Å²) in [6.45, 7) is 5.09. The Labute approximate surface area is 207 Å². The number of aliphatic hydroxyl groups excluding tert-OH is 1. The summed E-state index contributed by atoms with van der Waals surface area (Å²) in [6, 6.07) is 0. The van der Waals surface area contributed by atoms with Gasteiger partial charge in [-0.3, -0.25) is 4.79 Å². The van der Waals surface area contributed by atoms with E-state index in [1.54, 1.807) is 0 Å². The zero-order chi connectivity index (χ0) is 24.2. The van der Waals surface area contributed by atoms with E-state index in [2.05, 4.69) is 26.0 Å². The van der Waals surface area contributed by atoms with Crippen molar-refractivity contribution in [1.29, 1.82) is 0 Å². The van der Waals surface area contributed by atoms with Crippen LogP contribution in [0, 0.1) is 0 Å². The Morgan fingerprint density at radius 3 is 1.82 bits per heavy atom. The molecule has 1 N–H and O–H groups in total. The number of hydrogen-bond donors (Lipinski definition) is 1. The molecule has 1 unspecified atom stereocenters. The molecule has 33 heavy (non-hydrogen) atoms. The lowest BCUT2D eigenvalue weighted by atomic mass is 10.1. The highest BCUT2D eigenvalue weighted by Gasteiger charge is 2.03. The van der Waals surface area contributed by atoms with E-state index in [0.29, 0.717) is 13.0 Å². The van der Waals surface area contributed by atoms with E-state index in [0.717, 1.165) is 44.9 Å². The summed E-state index contributed by atoms with van der Waals surface area (Å²) in [7, 11) is 0. The van der Waals surface area contributed by atoms with E-state index in [1.165, 1.54) is 96.3 Å². The van der Waals surface area contributed by atoms with Crippen LogP contribution in [0.3, 0.4) is 0 Å². The molecule has 0 saturated heterocycles. The van der Waals surface area contributed by atoms with Crippen LogP contribution in [0.1, 0.15) is 162 Å². The van der Waals surface area contributed by atoms with Gasteiger partial charge in [0.25, 0.3) is 0 Å². The van der Waals surface area contributed by atoms with E-state index in [9.17, 15) is 9.90 Å². The zero-order valence-electron chi connectivity index (χ0n) is 22.5. The van der Waals surface area contributed by atoms with E-state index in [4.69, 9.17) is 4.74 Å². The summed E-state index contributed by atoms with van der Waals surface area (Å²) in [5, 5.41) is 9.95. The van der Waals surface area contributed by atoms with Crippen molar-refractivity contribution in [3.63, 3.8) is 0 Å². The molecular formula is C30H58O3. The lowest BCUT2D eigenvalue weighted by Gasteiger charge is -2.07. The highest BCUT2D eigenvalue weighted by molar-refractivity contribution is 5.69. The maximum Gasteiger partial charge on any atom is 0.305 e. The number of carbonyl (C=O) groups is 1. The first-order chi connectivity index (χ1) is 16.2. The molecule has 0 radical (unpaired) electrons. The summed E-state index contributed by atoms with van der Waals surface area (Å²) in [5.74, 6) is -0.0119. The van der Waals surface area contributed by atoms with Crippen molar-refractivity contribution in [2.45, 2.75) is 168 Å². The average molecular weight is 467 g/mol. The first-order valence-corrected chi connectivity index (χ1v) is 14.7. The lowest BCUT2D eigenvalue weighted by Crippen LogP contribution is -2.05. The number of carbonyl (C=O) groups excluding carboxylic acids is 1. The monoisotopic (exact) mass is 466 g/mol. The molecule has 0 fully saturated rings. The molecule has 1 atom stereocenters. The van der Waals surface area contributed by atoms with Gasteiger partial charge in [-0.15, -0.1) is 0 Å². The fourth-order valence-electron chi connectivity index (χ4n) is 4.21. The molecule has 0 aliphatic carbocycles. The Balaban J connectivity index is 3.28. The summed E-state index contributed by atoms with van der Waals surface area (Å²) in [4.78, 5) is 11.8. The lowest BCUT2D eigenvalue weighted by molar-refractivity contribution is -0.143. The molecular weight excluding hydrogens is 408 g/mol. The van der Waals surface area contributed by atoms with Crippen LogP contribution >= 0.6 is 0 Å². The third-order valence-electron chi connectivity index (χ3n) is 6.48. The molecule has 0 spiro atoms. The third-order valence-corrected chi connectivity index (χ3v) is 6.48. The number of allylic oxidation sites excluding steroid dienone is 1. The number of hydrogen-bond acceptors (Lipinski definition) is 3. The van der Waals surface area contributed by atoms with Crippen molar-refractivity contribution in [3.05, 3.63) is 12.2 Å². The predicted molar refractivity (Wildman–Crippen MR) is 144 cm³/mol. The fraction of sp³-hybridized carbons (Fsp3) is 0.900. The van der Waals surface area contributed by atoms with Crippen LogP contribution in [-0.4, -0.2) is 23.8 Å². The molecule has 3 heteroatoms. The molecule has 0 amide bonds. The van der Waals surface area contributed by atoms with Gasteiger partial charge in [-0.25, -0.2) is 0 Å². The van der Waals surface area contributed by atoms with Crippen molar-refractivity contribution in [1.82, 2.24) is 0 Å². The maximum atomic E-state index is 11.8. The normalized spacial score (nSPS) is 12.5. The minimum absolute atomic E-state index is 0.0119. The second-order valence-corrected chi connectivity index (χ2v) is 9.92. The van der Waals surface area contributed by atoms with Gasteiger partial charge in [-0.2, -0.15) is 0 Å². The SMILES string of the molecule is CCCCCCCCCCCCOC(=O)CCCCCCC/C=C/CC(O)CCCCCC. The van der Waals surface area contributed by atoms with Gasteiger partial charge in [-0.1, -0.05) is 129 Å². The average Bonchev–Trinajstić information content (AvgIpc) is 2.81. The highest BCUT2D eigenvalue weighted by atomic mass is 16.5. The van der Waals surface area contributed by atoms with Gasteiger partial charge < -0.3 is 9.84 Å². The molecule has 0 rings (SSSR count). The minimum Gasteiger partial charge on any atom is -0.466 e. The summed E-state index contributed by atoms with van der Waals surface area (Å²) in [5.41, 5.74) is 0. The second-order valence-electron chi connectivity index (χ2n) is 9.92. The van der Waals surface area contributed by atoms with E-state index in [1.807, 2.05) is 0 Å². The van der Waals surface area contributed by atoms with Gasteiger partial charge in [0.1, 0.15) is 0 Å². The van der Waals surface area contributed by atoms with Gasteiger partial charge in [0, 0.05) is 6.42 Å². The van der Waals surface area contributed by atoms with Crippen LogP contribution < -0.4 is 0 Å². The number of ether oxygens (including phenoxy) is 1. The Morgan fingerprint density at radius 2 is 1.18 bits per heavy atom. The van der Waals surface area contributed by atoms with Gasteiger partial charge in [-0.05, 0) is 38.5 Å². The summed E-state index contributed by atoms with van der Waals surface area (Å²) >= 11 is 0. The number of esters is 1. The molecule has 196 valence electrons. The van der Waals surface area contributed by atoms with E-state index >= 15 is 0 Å². The van der Waals surface area contributed by atoms with Crippen LogP contribution in [-0.2, 0) is 9.53 Å². The van der Waals surface area contributed by atoms with Crippen molar-refractivity contribution >= 4 is 5.97 Å². The molecule has 0 aromatic heterocycles. The summed E-state index contributed by atoms with van der Waals surface area (Å²) < 4.78 is 5.37. The van der Waals surface area contributed by atoms with Gasteiger partial charge in [0.2, 0.25) is 0 Å². The van der Waals surface area contributed by atoms with Crippen LogP contribution in [0.2, 0.25) is 0 Å². The van der Waals surface area contributed by atoms with Crippen LogP contribution in [0.15, 0.2) is 12.2 Å². The van der Waals surface area contributed by atoms with Crippen molar-refractivity contribution in [2.75, 3.05) is 6.61 Å². The Bertz CT molecular complexity index is 419. The molecule has 0 bridgehead atoms. The minimum atomic E-state index is -0.164. The molecule has 0 aromatic rings. The van der Waals surface area contributed by atoms with Gasteiger partial charge >= 0.3 is 5.97 Å². The molecule has 0 aliphatic heterocycles. The first-order valence-electron chi connectivity index (χ1n) is 14.7. The zero-order valence-corrected chi connectivity index (χ0v) is 22.5. The van der Waals surface area contributed by atoms with Crippen LogP contribution in [0.4, 0.5) is 0 Å². The quantitative estimate of drug-likeness (QED) is 0.0784. The van der Waals surface area contributed by atoms with E-state index in [-0.39, 0.29) is 12.1 Å². The van der Waals surface area contributed by atoms with Gasteiger partial charge in [0.05, 0.1) is 12.7 Å². The topological polar surface area (TPSA) is 46.5 Å². The van der Waals surface area contributed by atoms with Crippen LogP contribution in [0.5, 0.6) is 0 Å². The predicted octanol–water partition coefficient (Wildman–Crippen LogP) is 9.46.